The first-order valence-corrected chi connectivity index (χ1v) is 6.91. The van der Waals surface area contributed by atoms with Crippen LogP contribution in [0.1, 0.15) is 18.9 Å². The summed E-state index contributed by atoms with van der Waals surface area (Å²) in [7, 11) is 0. The molecule has 1 amide bonds. The van der Waals surface area contributed by atoms with Gasteiger partial charge in [0.05, 0.1) is 18.3 Å². The number of benzene rings is 1. The van der Waals surface area contributed by atoms with Crippen LogP contribution in [0.3, 0.4) is 0 Å². The Morgan fingerprint density at radius 2 is 2.14 bits per heavy atom. The molecule has 0 aliphatic carbocycles. The Morgan fingerprint density at radius 1 is 1.29 bits per heavy atom. The molecule has 0 saturated carbocycles. The zero-order valence-electron chi connectivity index (χ0n) is 11.9. The van der Waals surface area contributed by atoms with Crippen molar-refractivity contribution in [3.05, 3.63) is 54.0 Å². The summed E-state index contributed by atoms with van der Waals surface area (Å²) in [6, 6.07) is 9.61. The summed E-state index contributed by atoms with van der Waals surface area (Å²) < 4.78 is 13.0. The second-order valence-corrected chi connectivity index (χ2v) is 4.71. The molecule has 0 radical (unpaired) electrons. The zero-order valence-corrected chi connectivity index (χ0v) is 11.9. The summed E-state index contributed by atoms with van der Waals surface area (Å²) in [6.07, 6.45) is 2.83. The van der Waals surface area contributed by atoms with Crippen molar-refractivity contribution in [1.82, 2.24) is 4.98 Å². The molecule has 2 rings (SSSR count). The van der Waals surface area contributed by atoms with Crippen molar-refractivity contribution in [3.8, 4) is 0 Å². The SMILES string of the molecule is CCCNc1ccc(NC(=O)Cc2cccc(F)c2)nc1. The molecule has 0 atom stereocenters. The summed E-state index contributed by atoms with van der Waals surface area (Å²) >= 11 is 0. The van der Waals surface area contributed by atoms with E-state index in [1.807, 2.05) is 6.07 Å². The van der Waals surface area contributed by atoms with Gasteiger partial charge in [-0.1, -0.05) is 19.1 Å². The van der Waals surface area contributed by atoms with Gasteiger partial charge in [-0.3, -0.25) is 4.79 Å². The van der Waals surface area contributed by atoms with E-state index in [9.17, 15) is 9.18 Å². The quantitative estimate of drug-likeness (QED) is 0.857. The van der Waals surface area contributed by atoms with Crippen LogP contribution in [0, 0.1) is 5.82 Å². The lowest BCUT2D eigenvalue weighted by Gasteiger charge is -2.07. The lowest BCUT2D eigenvalue weighted by atomic mass is 10.1. The number of hydrogen-bond acceptors (Lipinski definition) is 3. The van der Waals surface area contributed by atoms with E-state index in [1.54, 1.807) is 24.4 Å². The van der Waals surface area contributed by atoms with Crippen molar-refractivity contribution >= 4 is 17.4 Å². The van der Waals surface area contributed by atoms with E-state index in [1.165, 1.54) is 12.1 Å². The van der Waals surface area contributed by atoms with Crippen molar-refractivity contribution in [1.29, 1.82) is 0 Å². The molecule has 2 aromatic rings. The van der Waals surface area contributed by atoms with E-state index in [0.29, 0.717) is 11.4 Å². The van der Waals surface area contributed by atoms with Gasteiger partial charge in [-0.2, -0.15) is 0 Å². The lowest BCUT2D eigenvalue weighted by Crippen LogP contribution is -2.15. The van der Waals surface area contributed by atoms with Gasteiger partial charge in [0, 0.05) is 6.54 Å². The topological polar surface area (TPSA) is 54.0 Å². The first-order valence-electron chi connectivity index (χ1n) is 6.91. The first kappa shape index (κ1) is 15.0. The number of carbonyl (C=O) groups is 1. The predicted octanol–water partition coefficient (Wildman–Crippen LogP) is 3.22. The average Bonchev–Trinajstić information content (AvgIpc) is 2.46. The summed E-state index contributed by atoms with van der Waals surface area (Å²) in [5, 5.41) is 5.90. The largest absolute Gasteiger partial charge is 0.384 e. The van der Waals surface area contributed by atoms with E-state index < -0.39 is 0 Å². The summed E-state index contributed by atoms with van der Waals surface area (Å²) in [4.78, 5) is 16.0. The Balaban J connectivity index is 1.90. The van der Waals surface area contributed by atoms with Crippen molar-refractivity contribution in [2.45, 2.75) is 19.8 Å². The third-order valence-corrected chi connectivity index (χ3v) is 2.86. The molecule has 0 bridgehead atoms. The summed E-state index contributed by atoms with van der Waals surface area (Å²) in [5.41, 5.74) is 1.55. The zero-order chi connectivity index (χ0) is 15.1. The number of nitrogens with zero attached hydrogens (tertiary/aromatic N) is 1. The minimum absolute atomic E-state index is 0.120. The molecule has 21 heavy (non-hydrogen) atoms. The van der Waals surface area contributed by atoms with Crippen LogP contribution in [0.4, 0.5) is 15.9 Å². The second-order valence-electron chi connectivity index (χ2n) is 4.71. The molecule has 2 N–H and O–H groups in total. The van der Waals surface area contributed by atoms with Crippen molar-refractivity contribution in [3.63, 3.8) is 0 Å². The number of anilines is 2. The highest BCUT2D eigenvalue weighted by atomic mass is 19.1. The summed E-state index contributed by atoms with van der Waals surface area (Å²) in [5.74, 6) is -0.0782. The Kier molecular flexibility index (Phi) is 5.26. The minimum Gasteiger partial charge on any atom is -0.384 e. The second kappa shape index (κ2) is 7.38. The van der Waals surface area contributed by atoms with E-state index in [-0.39, 0.29) is 18.1 Å². The molecule has 1 heterocycles. The normalized spacial score (nSPS) is 10.2. The molecule has 1 aromatic heterocycles. The van der Waals surface area contributed by atoms with Gasteiger partial charge in [0.1, 0.15) is 11.6 Å². The molecule has 4 nitrogen and oxygen atoms in total. The Morgan fingerprint density at radius 3 is 2.81 bits per heavy atom. The van der Waals surface area contributed by atoms with Gasteiger partial charge < -0.3 is 10.6 Å². The van der Waals surface area contributed by atoms with Gasteiger partial charge in [0.15, 0.2) is 0 Å². The van der Waals surface area contributed by atoms with Gasteiger partial charge >= 0.3 is 0 Å². The third-order valence-electron chi connectivity index (χ3n) is 2.86. The van der Waals surface area contributed by atoms with Crippen LogP contribution in [0.25, 0.3) is 0 Å². The highest BCUT2D eigenvalue weighted by molar-refractivity contribution is 5.91. The molecule has 5 heteroatoms. The Hall–Kier alpha value is -2.43. The molecule has 0 fully saturated rings. The molecule has 110 valence electrons. The monoisotopic (exact) mass is 287 g/mol. The maximum absolute atomic E-state index is 13.0. The highest BCUT2D eigenvalue weighted by Crippen LogP contribution is 2.11. The van der Waals surface area contributed by atoms with Gasteiger partial charge in [-0.25, -0.2) is 9.37 Å². The number of amides is 1. The standard InChI is InChI=1S/C16H18FN3O/c1-2-8-18-14-6-7-15(19-11-14)20-16(21)10-12-4-3-5-13(17)9-12/h3-7,9,11,18H,2,8,10H2,1H3,(H,19,20,21). The molecule has 0 unspecified atom stereocenters. The van der Waals surface area contributed by atoms with Gasteiger partial charge in [-0.05, 0) is 36.2 Å². The van der Waals surface area contributed by atoms with Crippen LogP contribution in [0.2, 0.25) is 0 Å². The molecule has 0 aliphatic heterocycles. The van der Waals surface area contributed by atoms with Crippen molar-refractivity contribution < 1.29 is 9.18 Å². The van der Waals surface area contributed by atoms with Crippen LogP contribution >= 0.6 is 0 Å². The fraction of sp³-hybridized carbons (Fsp3) is 0.250. The highest BCUT2D eigenvalue weighted by Gasteiger charge is 2.05. The fourth-order valence-electron chi connectivity index (χ4n) is 1.86. The Bertz CT molecular complexity index is 599. The van der Waals surface area contributed by atoms with E-state index in [4.69, 9.17) is 0 Å². The van der Waals surface area contributed by atoms with Crippen LogP contribution < -0.4 is 10.6 Å². The van der Waals surface area contributed by atoms with Crippen molar-refractivity contribution in [2.75, 3.05) is 17.2 Å². The first-order chi connectivity index (χ1) is 10.2. The molecule has 0 saturated heterocycles. The number of halogens is 1. The maximum Gasteiger partial charge on any atom is 0.229 e. The Labute approximate surface area is 123 Å². The van der Waals surface area contributed by atoms with Crippen LogP contribution in [0.5, 0.6) is 0 Å². The minimum atomic E-state index is -0.343. The lowest BCUT2D eigenvalue weighted by molar-refractivity contribution is -0.115. The van der Waals surface area contributed by atoms with Crippen LogP contribution in [-0.2, 0) is 11.2 Å². The van der Waals surface area contributed by atoms with E-state index in [2.05, 4.69) is 22.5 Å². The number of rotatable bonds is 6. The summed E-state index contributed by atoms with van der Waals surface area (Å²) in [6.45, 7) is 2.97. The smallest absolute Gasteiger partial charge is 0.229 e. The number of pyridine rings is 1. The predicted molar refractivity (Wildman–Crippen MR) is 81.8 cm³/mol. The van der Waals surface area contributed by atoms with Crippen molar-refractivity contribution in [2.24, 2.45) is 0 Å². The van der Waals surface area contributed by atoms with E-state index in [0.717, 1.165) is 18.7 Å². The van der Waals surface area contributed by atoms with Gasteiger partial charge in [0.25, 0.3) is 0 Å². The average molecular weight is 287 g/mol. The number of carbonyl (C=O) groups excluding carboxylic acids is 1. The fourth-order valence-corrected chi connectivity index (χ4v) is 1.86. The van der Waals surface area contributed by atoms with Gasteiger partial charge in [-0.15, -0.1) is 0 Å². The molecular formula is C16H18FN3O. The number of aromatic nitrogens is 1. The molecular weight excluding hydrogens is 269 g/mol. The molecule has 1 aromatic carbocycles. The van der Waals surface area contributed by atoms with E-state index >= 15 is 0 Å². The molecule has 0 spiro atoms. The maximum atomic E-state index is 13.0. The number of hydrogen-bond donors (Lipinski definition) is 2. The molecule has 0 aliphatic rings. The van der Waals surface area contributed by atoms with Gasteiger partial charge in [0.2, 0.25) is 5.91 Å². The third kappa shape index (κ3) is 4.87. The number of nitrogens with one attached hydrogen (secondary N) is 2. The van der Waals surface area contributed by atoms with Crippen LogP contribution in [0.15, 0.2) is 42.6 Å². The van der Waals surface area contributed by atoms with Crippen LogP contribution in [-0.4, -0.2) is 17.4 Å².